The summed E-state index contributed by atoms with van der Waals surface area (Å²) in [6.07, 6.45) is -3.41. The van der Waals surface area contributed by atoms with Gasteiger partial charge in [0.25, 0.3) is 0 Å². The highest BCUT2D eigenvalue weighted by atomic mass is 19.4. The molecule has 1 saturated carbocycles. The van der Waals surface area contributed by atoms with Gasteiger partial charge in [0.2, 0.25) is 6.10 Å². The second-order valence-electron chi connectivity index (χ2n) is 4.53. The summed E-state index contributed by atoms with van der Waals surface area (Å²) in [6, 6.07) is 0. The third-order valence-electron chi connectivity index (χ3n) is 3.75. The van der Waals surface area contributed by atoms with Gasteiger partial charge in [0, 0.05) is 11.0 Å². The normalized spacial score (nSPS) is 32.2. The fourth-order valence-electron chi connectivity index (χ4n) is 2.88. The Morgan fingerprint density at radius 3 is 2.47 bits per heavy atom. The van der Waals surface area contributed by atoms with Crippen LogP contribution in [0.1, 0.15) is 25.7 Å². The van der Waals surface area contributed by atoms with Crippen LogP contribution in [0.4, 0.5) is 13.2 Å². The van der Waals surface area contributed by atoms with E-state index in [1.54, 1.807) is 0 Å². The first-order valence-corrected chi connectivity index (χ1v) is 4.95. The largest absolute Gasteiger partial charge is 0.445 e. The topological polar surface area (TPSA) is 26.3 Å². The molecule has 0 aromatic heterocycles. The van der Waals surface area contributed by atoms with Gasteiger partial charge >= 0.3 is 12.1 Å². The van der Waals surface area contributed by atoms with E-state index in [1.807, 2.05) is 0 Å². The fourth-order valence-corrected chi connectivity index (χ4v) is 2.88. The smallest absolute Gasteiger partial charge is 0.429 e. The second-order valence-corrected chi connectivity index (χ2v) is 4.53. The molecule has 1 unspecified atom stereocenters. The number of hydrogen-bond acceptors (Lipinski definition) is 2. The maximum atomic E-state index is 12.6. The van der Waals surface area contributed by atoms with Crippen LogP contribution in [0.3, 0.4) is 0 Å². The Labute approximate surface area is 84.1 Å². The summed E-state index contributed by atoms with van der Waals surface area (Å²) in [5, 5.41) is 0. The van der Waals surface area contributed by atoms with Crippen molar-refractivity contribution >= 4 is 5.97 Å². The summed E-state index contributed by atoms with van der Waals surface area (Å²) in [5.74, 6) is -0.759. The molecular weight excluding hydrogens is 209 g/mol. The van der Waals surface area contributed by atoms with E-state index in [1.165, 1.54) is 0 Å². The van der Waals surface area contributed by atoms with Crippen molar-refractivity contribution < 1.29 is 22.7 Å². The van der Waals surface area contributed by atoms with Crippen molar-refractivity contribution in [3.8, 4) is 0 Å². The van der Waals surface area contributed by atoms with Crippen molar-refractivity contribution in [1.29, 1.82) is 0 Å². The highest BCUT2D eigenvalue weighted by Crippen LogP contribution is 2.64. The molecule has 5 heteroatoms. The Morgan fingerprint density at radius 1 is 1.33 bits per heavy atom. The molecule has 0 bridgehead atoms. The number of carbonyl (C=O) groups is 1. The van der Waals surface area contributed by atoms with Gasteiger partial charge in [-0.25, -0.2) is 4.79 Å². The van der Waals surface area contributed by atoms with Crippen LogP contribution in [-0.4, -0.2) is 18.2 Å². The van der Waals surface area contributed by atoms with Crippen molar-refractivity contribution in [2.75, 3.05) is 0 Å². The zero-order valence-corrected chi connectivity index (χ0v) is 7.86. The quantitative estimate of drug-likeness (QED) is 0.583. The Hall–Kier alpha value is -1.00. The van der Waals surface area contributed by atoms with Crippen molar-refractivity contribution in [2.24, 2.45) is 5.41 Å². The molecule has 15 heavy (non-hydrogen) atoms. The molecule has 82 valence electrons. The summed E-state index contributed by atoms with van der Waals surface area (Å²) < 4.78 is 42.2. The maximum Gasteiger partial charge on any atom is 0.429 e. The number of hydrogen-bond donors (Lipinski definition) is 0. The highest BCUT2D eigenvalue weighted by molar-refractivity contribution is 5.95. The predicted molar refractivity (Wildman–Crippen MR) is 43.9 cm³/mol. The first kappa shape index (κ1) is 9.24. The molecule has 0 N–H and O–H groups in total. The average Bonchev–Trinajstić information content (AvgIpc) is 2.19. The van der Waals surface area contributed by atoms with Gasteiger partial charge in [-0.2, -0.15) is 13.2 Å². The average molecular weight is 218 g/mol. The van der Waals surface area contributed by atoms with Crippen LogP contribution in [-0.2, 0) is 9.53 Å². The van der Waals surface area contributed by atoms with Crippen LogP contribution in [0.25, 0.3) is 0 Å². The molecular formula is C10H9F3O2. The standard InChI is InChI=1S/C10H9F3O2/c11-10(12,13)7-6-5(8(14)15-7)4-9(6)2-1-3-9/h7H,1-4H2. The van der Waals surface area contributed by atoms with E-state index in [9.17, 15) is 18.0 Å². The van der Waals surface area contributed by atoms with Gasteiger partial charge in [-0.05, 0) is 24.8 Å². The molecule has 1 aliphatic heterocycles. The number of fused-ring (bicyclic) bond motifs is 1. The molecule has 0 saturated heterocycles. The summed E-state index contributed by atoms with van der Waals surface area (Å²) in [6.45, 7) is 0. The van der Waals surface area contributed by atoms with Crippen LogP contribution < -0.4 is 0 Å². The van der Waals surface area contributed by atoms with Gasteiger partial charge in [0.1, 0.15) is 0 Å². The van der Waals surface area contributed by atoms with Gasteiger partial charge in [-0.1, -0.05) is 6.42 Å². The lowest BCUT2D eigenvalue weighted by Crippen LogP contribution is -2.45. The molecule has 0 aromatic rings. The number of carbonyl (C=O) groups excluding carboxylic acids is 1. The van der Waals surface area contributed by atoms with Crippen LogP contribution >= 0.6 is 0 Å². The van der Waals surface area contributed by atoms with Crippen LogP contribution in [0.5, 0.6) is 0 Å². The summed E-state index contributed by atoms with van der Waals surface area (Å²) in [5.41, 5.74) is 0.199. The minimum atomic E-state index is -4.45. The predicted octanol–water partition coefficient (Wildman–Crippen LogP) is 2.34. The van der Waals surface area contributed by atoms with Crippen LogP contribution in [0.15, 0.2) is 11.1 Å². The van der Waals surface area contributed by atoms with Crippen molar-refractivity contribution in [3.05, 3.63) is 11.1 Å². The zero-order valence-electron chi connectivity index (χ0n) is 7.86. The Balaban J connectivity index is 1.98. The SMILES string of the molecule is O=C1OC(C(F)(F)F)C2=C1CC21CCC1. The van der Waals surface area contributed by atoms with E-state index in [0.29, 0.717) is 6.42 Å². The second kappa shape index (κ2) is 2.39. The van der Waals surface area contributed by atoms with Gasteiger partial charge < -0.3 is 4.74 Å². The lowest BCUT2D eigenvalue weighted by atomic mass is 9.52. The number of cyclic esters (lactones) is 1. The molecule has 0 aromatic carbocycles. The number of alkyl halides is 3. The fraction of sp³-hybridized carbons (Fsp3) is 0.700. The first-order chi connectivity index (χ1) is 6.94. The van der Waals surface area contributed by atoms with Crippen LogP contribution in [0, 0.1) is 5.41 Å². The molecule has 2 aliphatic carbocycles. The highest BCUT2D eigenvalue weighted by Gasteiger charge is 2.64. The zero-order chi connectivity index (χ0) is 10.8. The van der Waals surface area contributed by atoms with Crippen LogP contribution in [0.2, 0.25) is 0 Å². The third-order valence-corrected chi connectivity index (χ3v) is 3.75. The summed E-state index contributed by atoms with van der Waals surface area (Å²) >= 11 is 0. The van der Waals surface area contributed by atoms with E-state index in [-0.39, 0.29) is 16.6 Å². The lowest BCUT2D eigenvalue weighted by Gasteiger charge is -2.50. The number of ether oxygens (including phenoxy) is 1. The maximum absolute atomic E-state index is 12.6. The molecule has 2 nitrogen and oxygen atoms in total. The van der Waals surface area contributed by atoms with E-state index in [4.69, 9.17) is 0 Å². The molecule has 1 fully saturated rings. The minimum Gasteiger partial charge on any atom is -0.445 e. The number of rotatable bonds is 0. The third kappa shape index (κ3) is 0.983. The molecule has 3 aliphatic rings. The monoisotopic (exact) mass is 218 g/mol. The van der Waals surface area contributed by atoms with Crippen molar-refractivity contribution in [1.82, 2.24) is 0 Å². The van der Waals surface area contributed by atoms with E-state index < -0.39 is 18.2 Å². The van der Waals surface area contributed by atoms with Gasteiger partial charge in [-0.15, -0.1) is 0 Å². The summed E-state index contributed by atoms with van der Waals surface area (Å²) in [4.78, 5) is 11.1. The van der Waals surface area contributed by atoms with Gasteiger partial charge in [-0.3, -0.25) is 0 Å². The molecule has 0 radical (unpaired) electrons. The molecule has 3 rings (SSSR count). The van der Waals surface area contributed by atoms with Gasteiger partial charge in [0.05, 0.1) is 0 Å². The Morgan fingerprint density at radius 2 is 2.00 bits per heavy atom. The minimum absolute atomic E-state index is 0.242. The molecule has 1 heterocycles. The van der Waals surface area contributed by atoms with E-state index in [0.717, 1.165) is 19.3 Å². The van der Waals surface area contributed by atoms with E-state index >= 15 is 0 Å². The molecule has 1 atom stereocenters. The number of esters is 1. The lowest BCUT2D eigenvalue weighted by molar-refractivity contribution is -0.206. The van der Waals surface area contributed by atoms with Crippen molar-refractivity contribution in [2.45, 2.75) is 38.0 Å². The van der Waals surface area contributed by atoms with E-state index in [2.05, 4.69) is 4.74 Å². The first-order valence-electron chi connectivity index (χ1n) is 4.95. The van der Waals surface area contributed by atoms with Gasteiger partial charge in [0.15, 0.2) is 0 Å². The summed E-state index contributed by atoms with van der Waals surface area (Å²) in [7, 11) is 0. The number of halogens is 3. The molecule has 0 amide bonds. The Kier molecular flexibility index (Phi) is 1.47. The molecule has 1 spiro atoms. The Bertz CT molecular complexity index is 377. The van der Waals surface area contributed by atoms with Crippen molar-refractivity contribution in [3.63, 3.8) is 0 Å².